The minimum absolute atomic E-state index is 0.445. The molecule has 0 bridgehead atoms. The van der Waals surface area contributed by atoms with Crippen molar-refractivity contribution in [3.05, 3.63) is 22.0 Å². The van der Waals surface area contributed by atoms with Crippen LogP contribution in [0.1, 0.15) is 0 Å². The highest BCUT2D eigenvalue weighted by Gasteiger charge is 2.01. The van der Waals surface area contributed by atoms with Crippen molar-refractivity contribution in [1.29, 1.82) is 0 Å². The van der Waals surface area contributed by atoms with E-state index in [4.69, 9.17) is 4.65 Å². The molecule has 2 heterocycles. The lowest BCUT2D eigenvalue weighted by molar-refractivity contribution is 0.446. The van der Waals surface area contributed by atoms with Gasteiger partial charge in [0.25, 0.3) is 0 Å². The van der Waals surface area contributed by atoms with Gasteiger partial charge in [0.1, 0.15) is 9.52 Å². The van der Waals surface area contributed by atoms with Crippen LogP contribution < -0.4 is 5.23 Å². The van der Waals surface area contributed by atoms with E-state index in [1.807, 2.05) is 18.3 Å². The summed E-state index contributed by atoms with van der Waals surface area (Å²) in [7, 11) is 2.07. The van der Waals surface area contributed by atoms with Gasteiger partial charge in [-0.15, -0.1) is 0 Å². The Labute approximate surface area is 95.3 Å². The average molecular weight is 302 g/mol. The molecule has 0 spiro atoms. The molecule has 2 aromatic heterocycles. The first-order valence-corrected chi connectivity index (χ1v) is 5.12. The van der Waals surface area contributed by atoms with Crippen LogP contribution in [0.15, 0.2) is 18.3 Å². The number of nitrogens with zero attached hydrogens (tertiary/aromatic N) is 3. The Balaban J connectivity index is 2.32. The van der Waals surface area contributed by atoms with Gasteiger partial charge in [-0.1, -0.05) is 0 Å². The molecule has 0 atom stereocenters. The van der Waals surface area contributed by atoms with Gasteiger partial charge in [-0.25, -0.2) is 9.50 Å². The standard InChI is InChI=1S/C7H8BIN4O/c1-14-8-11-6-4-13-7(10-6)3-2-5(9)12-13/h2-4,8,11H,1H3. The lowest BCUT2D eigenvalue weighted by Crippen LogP contribution is -2.07. The molecule has 2 rings (SSSR count). The van der Waals surface area contributed by atoms with Crippen molar-refractivity contribution in [2.75, 3.05) is 12.3 Å². The van der Waals surface area contributed by atoms with Crippen LogP contribution in [-0.2, 0) is 4.65 Å². The fraction of sp³-hybridized carbons (Fsp3) is 0.143. The number of rotatable bonds is 3. The molecule has 0 fully saturated rings. The zero-order chi connectivity index (χ0) is 9.97. The van der Waals surface area contributed by atoms with Gasteiger partial charge in [-0.2, -0.15) is 5.10 Å². The highest BCUT2D eigenvalue weighted by molar-refractivity contribution is 14.1. The maximum atomic E-state index is 4.88. The second-order valence-corrected chi connectivity index (χ2v) is 3.80. The Morgan fingerprint density at radius 1 is 1.57 bits per heavy atom. The van der Waals surface area contributed by atoms with E-state index in [2.05, 4.69) is 37.9 Å². The predicted octanol–water partition coefficient (Wildman–Crippen LogP) is 0.659. The summed E-state index contributed by atoms with van der Waals surface area (Å²) in [5.74, 6) is 0.765. The van der Waals surface area contributed by atoms with Crippen molar-refractivity contribution in [2.45, 2.75) is 0 Å². The SMILES string of the molecule is COBNc1cn2nc(I)ccc2n1. The van der Waals surface area contributed by atoms with Gasteiger partial charge in [0, 0.05) is 7.11 Å². The molecule has 0 aliphatic rings. The summed E-state index contributed by atoms with van der Waals surface area (Å²) in [6.45, 7) is 0. The third kappa shape index (κ3) is 1.98. The monoisotopic (exact) mass is 302 g/mol. The van der Waals surface area contributed by atoms with E-state index in [0.29, 0.717) is 7.62 Å². The minimum Gasteiger partial charge on any atom is -0.422 e. The molecule has 7 heteroatoms. The molecule has 0 aromatic carbocycles. The van der Waals surface area contributed by atoms with E-state index in [0.717, 1.165) is 15.2 Å². The van der Waals surface area contributed by atoms with Crippen LogP contribution >= 0.6 is 22.6 Å². The number of anilines is 1. The fourth-order valence-corrected chi connectivity index (χ4v) is 1.50. The fourth-order valence-electron chi connectivity index (χ4n) is 1.09. The lowest BCUT2D eigenvalue weighted by atomic mass is 10.3. The molecular formula is C7H8BIN4O. The summed E-state index contributed by atoms with van der Waals surface area (Å²) in [4.78, 5) is 4.30. The Bertz CT molecular complexity index is 446. The maximum absolute atomic E-state index is 4.88. The van der Waals surface area contributed by atoms with Crippen LogP contribution in [0, 0.1) is 3.70 Å². The molecule has 0 saturated carbocycles. The van der Waals surface area contributed by atoms with E-state index < -0.39 is 0 Å². The Morgan fingerprint density at radius 2 is 2.43 bits per heavy atom. The molecule has 0 unspecified atom stereocenters. The molecule has 2 aromatic rings. The predicted molar refractivity (Wildman–Crippen MR) is 63.5 cm³/mol. The highest BCUT2D eigenvalue weighted by Crippen LogP contribution is 2.09. The van der Waals surface area contributed by atoms with Gasteiger partial charge in [-0.3, -0.25) is 0 Å². The maximum Gasteiger partial charge on any atom is 0.395 e. The van der Waals surface area contributed by atoms with Crippen LogP contribution in [0.25, 0.3) is 5.65 Å². The smallest absolute Gasteiger partial charge is 0.395 e. The normalized spacial score (nSPS) is 10.4. The van der Waals surface area contributed by atoms with E-state index in [1.54, 1.807) is 11.6 Å². The number of imidazole rings is 1. The summed E-state index contributed by atoms with van der Waals surface area (Å²) < 4.78 is 7.56. The number of nitrogens with one attached hydrogen (secondary N) is 1. The summed E-state index contributed by atoms with van der Waals surface area (Å²) in [5.41, 5.74) is 0.823. The molecule has 0 radical (unpaired) electrons. The van der Waals surface area contributed by atoms with E-state index in [-0.39, 0.29) is 0 Å². The third-order valence-electron chi connectivity index (χ3n) is 1.69. The van der Waals surface area contributed by atoms with Gasteiger partial charge < -0.3 is 9.88 Å². The van der Waals surface area contributed by atoms with E-state index in [1.165, 1.54) is 0 Å². The molecule has 5 nitrogen and oxygen atoms in total. The summed E-state index contributed by atoms with van der Waals surface area (Å²) in [6, 6.07) is 3.84. The number of fused-ring (bicyclic) bond motifs is 1. The third-order valence-corrected chi connectivity index (χ3v) is 2.26. The van der Waals surface area contributed by atoms with Crippen LogP contribution in [0.4, 0.5) is 5.82 Å². The van der Waals surface area contributed by atoms with Crippen molar-refractivity contribution in [1.82, 2.24) is 14.6 Å². The summed E-state index contributed by atoms with van der Waals surface area (Å²) >= 11 is 2.16. The minimum atomic E-state index is 0.445. The van der Waals surface area contributed by atoms with Crippen molar-refractivity contribution >= 4 is 41.7 Å². The largest absolute Gasteiger partial charge is 0.422 e. The van der Waals surface area contributed by atoms with Crippen molar-refractivity contribution in [3.8, 4) is 0 Å². The molecule has 1 N–H and O–H groups in total. The van der Waals surface area contributed by atoms with Crippen molar-refractivity contribution in [3.63, 3.8) is 0 Å². The second-order valence-electron chi connectivity index (χ2n) is 2.69. The molecule has 0 amide bonds. The molecule has 0 aliphatic heterocycles. The Hall–Kier alpha value is -0.825. The Kier molecular flexibility index (Phi) is 2.87. The van der Waals surface area contributed by atoms with Gasteiger partial charge >= 0.3 is 7.62 Å². The van der Waals surface area contributed by atoms with Gasteiger partial charge in [0.15, 0.2) is 5.65 Å². The van der Waals surface area contributed by atoms with Gasteiger partial charge in [0.05, 0.1) is 6.20 Å². The van der Waals surface area contributed by atoms with Crippen LogP contribution in [0.2, 0.25) is 0 Å². The van der Waals surface area contributed by atoms with Crippen LogP contribution in [0.5, 0.6) is 0 Å². The first-order chi connectivity index (χ1) is 6.79. The van der Waals surface area contributed by atoms with Crippen LogP contribution in [-0.4, -0.2) is 29.3 Å². The highest BCUT2D eigenvalue weighted by atomic mass is 127. The molecule has 0 aliphatic carbocycles. The second kappa shape index (κ2) is 4.14. The number of halogens is 1. The number of hydrogen-bond donors (Lipinski definition) is 1. The summed E-state index contributed by atoms with van der Waals surface area (Å²) in [6.07, 6.45) is 1.83. The Morgan fingerprint density at radius 3 is 3.21 bits per heavy atom. The topological polar surface area (TPSA) is 51.5 Å². The average Bonchev–Trinajstić information content (AvgIpc) is 2.56. The molecule has 14 heavy (non-hydrogen) atoms. The number of hydrogen-bond acceptors (Lipinski definition) is 4. The molecule has 0 saturated heterocycles. The zero-order valence-electron chi connectivity index (χ0n) is 7.57. The molecular weight excluding hydrogens is 294 g/mol. The van der Waals surface area contributed by atoms with Crippen LogP contribution in [0.3, 0.4) is 0 Å². The van der Waals surface area contributed by atoms with Gasteiger partial charge in [0.2, 0.25) is 0 Å². The van der Waals surface area contributed by atoms with Gasteiger partial charge in [-0.05, 0) is 34.7 Å². The van der Waals surface area contributed by atoms with E-state index >= 15 is 0 Å². The van der Waals surface area contributed by atoms with Crippen molar-refractivity contribution in [2.24, 2.45) is 0 Å². The quantitative estimate of drug-likeness (QED) is 0.668. The van der Waals surface area contributed by atoms with E-state index in [9.17, 15) is 0 Å². The first kappa shape index (κ1) is 9.72. The summed E-state index contributed by atoms with van der Waals surface area (Å²) in [5, 5.41) is 7.27. The van der Waals surface area contributed by atoms with Crippen molar-refractivity contribution < 1.29 is 4.65 Å². The first-order valence-electron chi connectivity index (χ1n) is 4.04. The molecule has 72 valence electrons. The number of aromatic nitrogens is 3. The lowest BCUT2D eigenvalue weighted by Gasteiger charge is -1.94. The zero-order valence-corrected chi connectivity index (χ0v) is 9.72.